The molecule has 110 valence electrons. The largest absolute Gasteiger partial charge is 0.303 e. The van der Waals surface area contributed by atoms with Gasteiger partial charge in [-0.1, -0.05) is 56.5 Å². The van der Waals surface area contributed by atoms with E-state index in [0.717, 1.165) is 19.3 Å². The van der Waals surface area contributed by atoms with E-state index in [9.17, 15) is 4.79 Å². The SMILES string of the molecule is CCC1(C(=O)CN[C@@H](C)c2ccccc2)CCCCC1. The minimum atomic E-state index is -0.0400. The smallest absolute Gasteiger partial charge is 0.152 e. The monoisotopic (exact) mass is 273 g/mol. The maximum atomic E-state index is 12.6. The van der Waals surface area contributed by atoms with Gasteiger partial charge in [0.2, 0.25) is 0 Å². The zero-order chi connectivity index (χ0) is 14.4. The fourth-order valence-corrected chi connectivity index (χ4v) is 3.35. The summed E-state index contributed by atoms with van der Waals surface area (Å²) in [5.41, 5.74) is 1.20. The maximum Gasteiger partial charge on any atom is 0.152 e. The van der Waals surface area contributed by atoms with E-state index in [0.29, 0.717) is 12.3 Å². The Labute approximate surface area is 123 Å². The predicted molar refractivity (Wildman–Crippen MR) is 83.7 cm³/mol. The van der Waals surface area contributed by atoms with Crippen molar-refractivity contribution in [3.63, 3.8) is 0 Å². The van der Waals surface area contributed by atoms with E-state index in [4.69, 9.17) is 0 Å². The minimum absolute atomic E-state index is 0.0400. The normalized spacial score (nSPS) is 19.5. The molecular weight excluding hydrogens is 246 g/mol. The number of nitrogens with one attached hydrogen (secondary N) is 1. The molecule has 1 aliphatic carbocycles. The average Bonchev–Trinajstić information content (AvgIpc) is 2.53. The molecule has 0 aliphatic heterocycles. The van der Waals surface area contributed by atoms with Crippen LogP contribution in [-0.2, 0) is 4.79 Å². The Hall–Kier alpha value is -1.15. The average molecular weight is 273 g/mol. The molecule has 1 aromatic carbocycles. The highest BCUT2D eigenvalue weighted by molar-refractivity contribution is 5.86. The van der Waals surface area contributed by atoms with Crippen LogP contribution in [0.4, 0.5) is 0 Å². The highest BCUT2D eigenvalue weighted by Gasteiger charge is 2.36. The second-order valence-corrected chi connectivity index (χ2v) is 6.13. The first-order chi connectivity index (χ1) is 9.68. The molecule has 1 saturated carbocycles. The molecule has 1 fully saturated rings. The van der Waals surface area contributed by atoms with Crippen molar-refractivity contribution in [1.29, 1.82) is 0 Å². The molecule has 0 heterocycles. The molecule has 0 aromatic heterocycles. The molecule has 0 unspecified atom stereocenters. The van der Waals surface area contributed by atoms with Crippen LogP contribution in [0.2, 0.25) is 0 Å². The molecule has 0 saturated heterocycles. The number of benzene rings is 1. The molecule has 1 aliphatic rings. The Balaban J connectivity index is 1.91. The van der Waals surface area contributed by atoms with E-state index < -0.39 is 0 Å². The van der Waals surface area contributed by atoms with Crippen molar-refractivity contribution >= 4 is 5.78 Å². The first-order valence-electron chi connectivity index (χ1n) is 7.99. The molecule has 2 rings (SSSR count). The quantitative estimate of drug-likeness (QED) is 0.838. The summed E-state index contributed by atoms with van der Waals surface area (Å²) < 4.78 is 0. The summed E-state index contributed by atoms with van der Waals surface area (Å²) in [7, 11) is 0. The Morgan fingerprint density at radius 1 is 1.20 bits per heavy atom. The summed E-state index contributed by atoms with van der Waals surface area (Å²) in [6.45, 7) is 4.80. The highest BCUT2D eigenvalue weighted by Crippen LogP contribution is 2.39. The lowest BCUT2D eigenvalue weighted by atomic mass is 9.69. The molecular formula is C18H27NO. The fraction of sp³-hybridized carbons (Fsp3) is 0.611. The molecule has 1 atom stereocenters. The van der Waals surface area contributed by atoms with Crippen molar-refractivity contribution in [2.45, 2.75) is 58.4 Å². The van der Waals surface area contributed by atoms with Gasteiger partial charge in [0, 0.05) is 11.5 Å². The van der Waals surface area contributed by atoms with E-state index in [1.165, 1.54) is 24.8 Å². The van der Waals surface area contributed by atoms with Crippen molar-refractivity contribution in [3.8, 4) is 0 Å². The summed E-state index contributed by atoms with van der Waals surface area (Å²) in [5, 5.41) is 3.41. The number of hydrogen-bond acceptors (Lipinski definition) is 2. The van der Waals surface area contributed by atoms with E-state index >= 15 is 0 Å². The van der Waals surface area contributed by atoms with E-state index in [1.807, 2.05) is 18.2 Å². The lowest BCUT2D eigenvalue weighted by Gasteiger charge is -2.35. The number of rotatable bonds is 6. The van der Waals surface area contributed by atoms with Crippen LogP contribution < -0.4 is 5.32 Å². The van der Waals surface area contributed by atoms with Gasteiger partial charge >= 0.3 is 0 Å². The van der Waals surface area contributed by atoms with E-state index in [1.54, 1.807) is 0 Å². The van der Waals surface area contributed by atoms with E-state index in [-0.39, 0.29) is 11.5 Å². The summed E-state index contributed by atoms with van der Waals surface area (Å²) in [6, 6.07) is 10.6. The fourth-order valence-electron chi connectivity index (χ4n) is 3.35. The number of carbonyl (C=O) groups excluding carboxylic acids is 1. The third-order valence-electron chi connectivity index (χ3n) is 4.95. The van der Waals surface area contributed by atoms with Crippen molar-refractivity contribution in [3.05, 3.63) is 35.9 Å². The third-order valence-corrected chi connectivity index (χ3v) is 4.95. The summed E-state index contributed by atoms with van der Waals surface area (Å²) in [5.74, 6) is 0.419. The van der Waals surface area contributed by atoms with Gasteiger partial charge in [0.15, 0.2) is 5.78 Å². The summed E-state index contributed by atoms with van der Waals surface area (Å²) in [4.78, 5) is 12.6. The third kappa shape index (κ3) is 3.49. The van der Waals surface area contributed by atoms with Crippen molar-refractivity contribution in [2.24, 2.45) is 5.41 Å². The minimum Gasteiger partial charge on any atom is -0.303 e. The van der Waals surface area contributed by atoms with Gasteiger partial charge in [0.05, 0.1) is 6.54 Å². The Bertz CT molecular complexity index is 420. The molecule has 1 N–H and O–H groups in total. The lowest BCUT2D eigenvalue weighted by molar-refractivity contribution is -0.130. The van der Waals surface area contributed by atoms with E-state index in [2.05, 4.69) is 31.3 Å². The van der Waals surface area contributed by atoms with Gasteiger partial charge in [-0.3, -0.25) is 4.79 Å². The van der Waals surface area contributed by atoms with Crippen LogP contribution in [0, 0.1) is 5.41 Å². The summed E-state index contributed by atoms with van der Waals surface area (Å²) >= 11 is 0. The van der Waals surface area contributed by atoms with Gasteiger partial charge in [-0.15, -0.1) is 0 Å². The van der Waals surface area contributed by atoms with Crippen LogP contribution in [0.1, 0.15) is 64.0 Å². The van der Waals surface area contributed by atoms with Gasteiger partial charge in [-0.05, 0) is 31.7 Å². The van der Waals surface area contributed by atoms with Crippen LogP contribution in [0.3, 0.4) is 0 Å². The Morgan fingerprint density at radius 3 is 2.45 bits per heavy atom. The molecule has 0 amide bonds. The number of Topliss-reactive ketones (excluding diaryl/α,β-unsaturated/α-hetero) is 1. The van der Waals surface area contributed by atoms with Crippen LogP contribution in [-0.4, -0.2) is 12.3 Å². The molecule has 1 aromatic rings. The van der Waals surface area contributed by atoms with Crippen molar-refractivity contribution in [2.75, 3.05) is 6.54 Å². The zero-order valence-corrected chi connectivity index (χ0v) is 12.8. The van der Waals surface area contributed by atoms with Gasteiger partial charge < -0.3 is 5.32 Å². The Kier molecular flexibility index (Phi) is 5.36. The van der Waals surface area contributed by atoms with Crippen LogP contribution >= 0.6 is 0 Å². The molecule has 0 bridgehead atoms. The molecule has 0 radical (unpaired) electrons. The molecule has 0 spiro atoms. The highest BCUT2D eigenvalue weighted by atomic mass is 16.1. The topological polar surface area (TPSA) is 29.1 Å². The van der Waals surface area contributed by atoms with Crippen LogP contribution in [0.15, 0.2) is 30.3 Å². The molecule has 2 nitrogen and oxygen atoms in total. The molecule has 20 heavy (non-hydrogen) atoms. The lowest BCUT2D eigenvalue weighted by Crippen LogP contribution is -2.39. The predicted octanol–water partition coefficient (Wildman–Crippen LogP) is 4.27. The second-order valence-electron chi connectivity index (χ2n) is 6.13. The van der Waals surface area contributed by atoms with Gasteiger partial charge in [0.1, 0.15) is 0 Å². The number of ketones is 1. The van der Waals surface area contributed by atoms with Gasteiger partial charge in [-0.25, -0.2) is 0 Å². The van der Waals surface area contributed by atoms with Gasteiger partial charge in [-0.2, -0.15) is 0 Å². The zero-order valence-electron chi connectivity index (χ0n) is 12.8. The van der Waals surface area contributed by atoms with Crippen molar-refractivity contribution < 1.29 is 4.79 Å². The number of hydrogen-bond donors (Lipinski definition) is 1. The first kappa shape index (κ1) is 15.2. The van der Waals surface area contributed by atoms with Crippen LogP contribution in [0.25, 0.3) is 0 Å². The van der Waals surface area contributed by atoms with Crippen molar-refractivity contribution in [1.82, 2.24) is 5.32 Å². The number of carbonyl (C=O) groups is 1. The second kappa shape index (κ2) is 7.03. The standard InChI is InChI=1S/C18H27NO/c1-3-18(12-8-5-9-13-18)17(20)14-19-15(2)16-10-6-4-7-11-16/h4,6-7,10-11,15,19H,3,5,8-9,12-14H2,1-2H3/t15-/m0/s1. The Morgan fingerprint density at radius 2 is 1.85 bits per heavy atom. The van der Waals surface area contributed by atoms with Gasteiger partial charge in [0.25, 0.3) is 0 Å². The molecule has 2 heteroatoms. The summed E-state index contributed by atoms with van der Waals surface area (Å²) in [6.07, 6.45) is 6.89. The maximum absolute atomic E-state index is 12.6. The first-order valence-corrected chi connectivity index (χ1v) is 7.99. The van der Waals surface area contributed by atoms with Crippen LogP contribution in [0.5, 0.6) is 0 Å².